The van der Waals surface area contributed by atoms with E-state index in [0.717, 1.165) is 18.8 Å². The molecule has 4 nitrogen and oxygen atoms in total. The van der Waals surface area contributed by atoms with Crippen molar-refractivity contribution in [3.63, 3.8) is 0 Å². The predicted molar refractivity (Wildman–Crippen MR) is 65.3 cm³/mol. The zero-order valence-electron chi connectivity index (χ0n) is 10.1. The molecule has 94 valence electrons. The molecule has 1 atom stereocenters. The average Bonchev–Trinajstić information content (AvgIpc) is 2.40. The van der Waals surface area contributed by atoms with Crippen molar-refractivity contribution < 1.29 is 14.2 Å². The standard InChI is InChI=1S/C13H19NO3/c1-15-12-4-2-3-11(7-12)8-14-9-13-10-16-5-6-17-13/h2-4,7,13-14H,5-6,8-10H2,1H3. The van der Waals surface area contributed by atoms with E-state index < -0.39 is 0 Å². The number of benzene rings is 1. The molecule has 0 spiro atoms. The van der Waals surface area contributed by atoms with E-state index in [1.807, 2.05) is 18.2 Å². The van der Waals surface area contributed by atoms with Gasteiger partial charge in [-0.05, 0) is 17.7 Å². The molecule has 1 N–H and O–H groups in total. The van der Waals surface area contributed by atoms with Crippen LogP contribution in [0.4, 0.5) is 0 Å². The molecular weight excluding hydrogens is 218 g/mol. The maximum Gasteiger partial charge on any atom is 0.119 e. The Morgan fingerprint density at radius 2 is 2.35 bits per heavy atom. The third-order valence-corrected chi connectivity index (χ3v) is 2.72. The number of nitrogens with one attached hydrogen (secondary N) is 1. The van der Waals surface area contributed by atoms with Crippen molar-refractivity contribution >= 4 is 0 Å². The van der Waals surface area contributed by atoms with Gasteiger partial charge in [0.2, 0.25) is 0 Å². The van der Waals surface area contributed by atoms with E-state index in [0.29, 0.717) is 19.8 Å². The van der Waals surface area contributed by atoms with Crippen LogP contribution in [0.1, 0.15) is 5.56 Å². The van der Waals surface area contributed by atoms with Crippen LogP contribution in [0, 0.1) is 0 Å². The lowest BCUT2D eigenvalue weighted by Gasteiger charge is -2.23. The van der Waals surface area contributed by atoms with Gasteiger partial charge in [0.25, 0.3) is 0 Å². The molecule has 0 radical (unpaired) electrons. The fourth-order valence-electron chi connectivity index (χ4n) is 1.81. The summed E-state index contributed by atoms with van der Waals surface area (Å²) in [7, 11) is 1.68. The summed E-state index contributed by atoms with van der Waals surface area (Å²) in [5, 5.41) is 3.36. The van der Waals surface area contributed by atoms with Crippen LogP contribution < -0.4 is 10.1 Å². The van der Waals surface area contributed by atoms with E-state index in [2.05, 4.69) is 11.4 Å². The molecule has 1 heterocycles. The molecule has 17 heavy (non-hydrogen) atoms. The first-order chi connectivity index (χ1) is 8.38. The number of methoxy groups -OCH3 is 1. The second-order valence-corrected chi connectivity index (χ2v) is 4.05. The zero-order valence-corrected chi connectivity index (χ0v) is 10.1. The zero-order chi connectivity index (χ0) is 11.9. The lowest BCUT2D eigenvalue weighted by molar-refractivity contribution is -0.0864. The molecule has 0 bridgehead atoms. The minimum absolute atomic E-state index is 0.175. The van der Waals surface area contributed by atoms with Gasteiger partial charge in [-0.1, -0.05) is 12.1 Å². The Kier molecular flexibility index (Phi) is 4.79. The van der Waals surface area contributed by atoms with E-state index in [9.17, 15) is 0 Å². The fraction of sp³-hybridized carbons (Fsp3) is 0.538. The molecule has 1 aromatic rings. The quantitative estimate of drug-likeness (QED) is 0.835. The molecule has 0 amide bonds. The van der Waals surface area contributed by atoms with Crippen molar-refractivity contribution in [2.24, 2.45) is 0 Å². The Balaban J connectivity index is 1.73. The SMILES string of the molecule is COc1cccc(CNCC2COCCO2)c1. The molecule has 1 aromatic carbocycles. The third kappa shape index (κ3) is 4.00. The van der Waals surface area contributed by atoms with Gasteiger partial charge in [0.1, 0.15) is 5.75 Å². The van der Waals surface area contributed by atoms with Gasteiger partial charge in [-0.2, -0.15) is 0 Å². The van der Waals surface area contributed by atoms with Crippen LogP contribution in [0.25, 0.3) is 0 Å². The molecule has 0 saturated carbocycles. The Labute approximate surface area is 102 Å². The topological polar surface area (TPSA) is 39.7 Å². The van der Waals surface area contributed by atoms with E-state index in [4.69, 9.17) is 14.2 Å². The van der Waals surface area contributed by atoms with Crippen LogP contribution in [-0.4, -0.2) is 39.6 Å². The summed E-state index contributed by atoms with van der Waals surface area (Å²) in [6, 6.07) is 8.05. The van der Waals surface area contributed by atoms with Crippen LogP contribution in [0.2, 0.25) is 0 Å². The predicted octanol–water partition coefficient (Wildman–Crippen LogP) is 1.20. The van der Waals surface area contributed by atoms with Crippen LogP contribution in [0.5, 0.6) is 5.75 Å². The van der Waals surface area contributed by atoms with Crippen molar-refractivity contribution in [2.75, 3.05) is 33.5 Å². The second kappa shape index (κ2) is 6.59. The summed E-state index contributed by atoms with van der Waals surface area (Å²) in [5.74, 6) is 0.890. The highest BCUT2D eigenvalue weighted by atomic mass is 16.6. The number of hydrogen-bond donors (Lipinski definition) is 1. The second-order valence-electron chi connectivity index (χ2n) is 4.05. The van der Waals surface area contributed by atoms with Gasteiger partial charge in [0.05, 0.1) is 33.0 Å². The fourth-order valence-corrected chi connectivity index (χ4v) is 1.81. The smallest absolute Gasteiger partial charge is 0.119 e. The molecule has 2 rings (SSSR count). The highest BCUT2D eigenvalue weighted by Gasteiger charge is 2.13. The average molecular weight is 237 g/mol. The number of hydrogen-bond acceptors (Lipinski definition) is 4. The van der Waals surface area contributed by atoms with E-state index in [-0.39, 0.29) is 6.10 Å². The molecule has 1 unspecified atom stereocenters. The highest BCUT2D eigenvalue weighted by Crippen LogP contribution is 2.12. The Hall–Kier alpha value is -1.10. The van der Waals surface area contributed by atoms with Gasteiger partial charge < -0.3 is 19.5 Å². The van der Waals surface area contributed by atoms with Crippen LogP contribution in [0.3, 0.4) is 0 Å². The molecule has 0 aliphatic carbocycles. The summed E-state index contributed by atoms with van der Waals surface area (Å²) < 4.78 is 16.1. The molecule has 4 heteroatoms. The van der Waals surface area contributed by atoms with Crippen LogP contribution in [-0.2, 0) is 16.0 Å². The summed E-state index contributed by atoms with van der Waals surface area (Å²) in [4.78, 5) is 0. The maximum absolute atomic E-state index is 5.55. The Morgan fingerprint density at radius 1 is 1.41 bits per heavy atom. The third-order valence-electron chi connectivity index (χ3n) is 2.72. The first kappa shape index (κ1) is 12.4. The monoisotopic (exact) mass is 237 g/mol. The van der Waals surface area contributed by atoms with E-state index in [1.54, 1.807) is 7.11 Å². The minimum atomic E-state index is 0.175. The summed E-state index contributed by atoms with van der Waals surface area (Å²) >= 11 is 0. The van der Waals surface area contributed by atoms with Gasteiger partial charge in [-0.3, -0.25) is 0 Å². The minimum Gasteiger partial charge on any atom is -0.497 e. The lowest BCUT2D eigenvalue weighted by atomic mass is 10.2. The maximum atomic E-state index is 5.55. The molecule has 0 aromatic heterocycles. The largest absolute Gasteiger partial charge is 0.497 e. The van der Waals surface area contributed by atoms with Crippen molar-refractivity contribution in [3.05, 3.63) is 29.8 Å². The van der Waals surface area contributed by atoms with Crippen molar-refractivity contribution in [1.82, 2.24) is 5.32 Å². The van der Waals surface area contributed by atoms with Gasteiger partial charge in [-0.25, -0.2) is 0 Å². The molecule has 1 fully saturated rings. The van der Waals surface area contributed by atoms with Gasteiger partial charge in [0.15, 0.2) is 0 Å². The summed E-state index contributed by atoms with van der Waals surface area (Å²) in [6.45, 7) is 3.73. The van der Waals surface area contributed by atoms with Crippen molar-refractivity contribution in [2.45, 2.75) is 12.6 Å². The summed E-state index contributed by atoms with van der Waals surface area (Å²) in [6.07, 6.45) is 0.175. The Bertz CT molecular complexity index is 337. The van der Waals surface area contributed by atoms with E-state index >= 15 is 0 Å². The number of rotatable bonds is 5. The normalized spacial score (nSPS) is 20.2. The Morgan fingerprint density at radius 3 is 3.12 bits per heavy atom. The van der Waals surface area contributed by atoms with Crippen LogP contribution >= 0.6 is 0 Å². The molecule has 1 saturated heterocycles. The first-order valence-corrected chi connectivity index (χ1v) is 5.91. The molecular formula is C13H19NO3. The van der Waals surface area contributed by atoms with Crippen molar-refractivity contribution in [1.29, 1.82) is 0 Å². The molecule has 1 aliphatic heterocycles. The van der Waals surface area contributed by atoms with Crippen molar-refractivity contribution in [3.8, 4) is 5.75 Å². The first-order valence-electron chi connectivity index (χ1n) is 5.91. The van der Waals surface area contributed by atoms with Gasteiger partial charge in [0, 0.05) is 13.1 Å². The highest BCUT2D eigenvalue weighted by molar-refractivity contribution is 5.28. The number of ether oxygens (including phenoxy) is 3. The van der Waals surface area contributed by atoms with Gasteiger partial charge in [-0.15, -0.1) is 0 Å². The van der Waals surface area contributed by atoms with Crippen LogP contribution in [0.15, 0.2) is 24.3 Å². The van der Waals surface area contributed by atoms with Gasteiger partial charge >= 0.3 is 0 Å². The molecule has 1 aliphatic rings. The lowest BCUT2D eigenvalue weighted by Crippen LogP contribution is -2.37. The summed E-state index contributed by atoms with van der Waals surface area (Å²) in [5.41, 5.74) is 1.21. The van der Waals surface area contributed by atoms with E-state index in [1.165, 1.54) is 5.56 Å².